The van der Waals surface area contributed by atoms with Crippen LogP contribution >= 0.6 is 15.9 Å². The zero-order chi connectivity index (χ0) is 11.7. The summed E-state index contributed by atoms with van der Waals surface area (Å²) >= 11 is 3.31. The summed E-state index contributed by atoms with van der Waals surface area (Å²) < 4.78 is 5.46. The molecule has 16 heavy (non-hydrogen) atoms. The first-order valence-electron chi connectivity index (χ1n) is 5.07. The number of halogens is 1. The van der Waals surface area contributed by atoms with E-state index in [1.54, 1.807) is 12.1 Å². The Morgan fingerprint density at radius 1 is 1.38 bits per heavy atom. The summed E-state index contributed by atoms with van der Waals surface area (Å²) in [6.45, 7) is 0. The Morgan fingerprint density at radius 3 is 2.81 bits per heavy atom. The lowest BCUT2D eigenvalue weighted by molar-refractivity contribution is 0.0599. The largest absolute Gasteiger partial charge is 0.465 e. The van der Waals surface area contributed by atoms with Crippen molar-refractivity contribution in [3.05, 3.63) is 33.3 Å². The van der Waals surface area contributed by atoms with Crippen molar-refractivity contribution < 1.29 is 14.3 Å². The van der Waals surface area contributed by atoms with Crippen molar-refractivity contribution in [2.45, 2.75) is 19.3 Å². The number of ether oxygens (including phenoxy) is 1. The third-order valence-corrected chi connectivity index (χ3v) is 3.21. The van der Waals surface area contributed by atoms with Crippen molar-refractivity contribution in [1.29, 1.82) is 0 Å². The molecule has 0 aromatic heterocycles. The molecule has 2 rings (SSSR count). The number of hydrogen-bond acceptors (Lipinski definition) is 3. The maximum absolute atomic E-state index is 11.7. The van der Waals surface area contributed by atoms with E-state index in [0.717, 1.165) is 22.9 Å². The zero-order valence-electron chi connectivity index (χ0n) is 8.88. The quantitative estimate of drug-likeness (QED) is 0.744. The number of fused-ring (bicyclic) bond motifs is 1. The van der Waals surface area contributed by atoms with Crippen LogP contribution in [-0.2, 0) is 11.2 Å². The van der Waals surface area contributed by atoms with E-state index in [1.807, 2.05) is 0 Å². The van der Waals surface area contributed by atoms with E-state index in [1.165, 1.54) is 7.11 Å². The number of carbonyl (C=O) groups excluding carboxylic acids is 2. The minimum atomic E-state index is -0.382. The van der Waals surface area contributed by atoms with E-state index in [4.69, 9.17) is 4.74 Å². The van der Waals surface area contributed by atoms with Crippen LogP contribution in [0.3, 0.4) is 0 Å². The Kier molecular flexibility index (Phi) is 3.10. The van der Waals surface area contributed by atoms with Gasteiger partial charge in [0.25, 0.3) is 0 Å². The number of methoxy groups -OCH3 is 1. The van der Waals surface area contributed by atoms with Crippen molar-refractivity contribution in [2.75, 3.05) is 7.11 Å². The highest BCUT2D eigenvalue weighted by Crippen LogP contribution is 2.28. The summed E-state index contributed by atoms with van der Waals surface area (Å²) in [4.78, 5) is 23.3. The van der Waals surface area contributed by atoms with Gasteiger partial charge in [0.2, 0.25) is 0 Å². The third-order valence-electron chi connectivity index (χ3n) is 2.75. The standard InChI is InChI=1S/C12H11BrO3/c1-16-12(15)10-6-7(13)5-9-8(10)3-2-4-11(9)14/h5-6H,2-4H2,1H3. The Labute approximate surface area is 102 Å². The van der Waals surface area contributed by atoms with Crippen molar-refractivity contribution in [1.82, 2.24) is 0 Å². The summed E-state index contributed by atoms with van der Waals surface area (Å²) in [6.07, 6.45) is 2.13. The van der Waals surface area contributed by atoms with Gasteiger partial charge in [0.1, 0.15) is 0 Å². The van der Waals surface area contributed by atoms with Gasteiger partial charge in [-0.1, -0.05) is 15.9 Å². The first-order chi connectivity index (χ1) is 7.63. The first kappa shape index (κ1) is 11.3. The van der Waals surface area contributed by atoms with Crippen LogP contribution in [-0.4, -0.2) is 18.9 Å². The minimum Gasteiger partial charge on any atom is -0.465 e. The number of rotatable bonds is 1. The molecule has 0 aliphatic heterocycles. The van der Waals surface area contributed by atoms with Crippen LogP contribution in [0.5, 0.6) is 0 Å². The second-order valence-corrected chi connectivity index (χ2v) is 4.66. The molecule has 0 heterocycles. The summed E-state index contributed by atoms with van der Waals surface area (Å²) in [7, 11) is 1.35. The fourth-order valence-electron chi connectivity index (χ4n) is 2.01. The molecule has 0 amide bonds. The predicted octanol–water partition coefficient (Wildman–Crippen LogP) is 2.75. The normalized spacial score (nSPS) is 14.5. The molecule has 4 heteroatoms. The van der Waals surface area contributed by atoms with Crippen LogP contribution < -0.4 is 0 Å². The first-order valence-corrected chi connectivity index (χ1v) is 5.86. The van der Waals surface area contributed by atoms with Crippen molar-refractivity contribution >= 4 is 27.7 Å². The summed E-state index contributed by atoms with van der Waals surface area (Å²) in [5, 5.41) is 0. The highest BCUT2D eigenvalue weighted by atomic mass is 79.9. The number of carbonyl (C=O) groups is 2. The molecule has 0 unspecified atom stereocenters. The van der Waals surface area contributed by atoms with E-state index in [-0.39, 0.29) is 11.8 Å². The SMILES string of the molecule is COC(=O)c1cc(Br)cc2c1CCCC2=O. The lowest BCUT2D eigenvalue weighted by atomic mass is 9.87. The van der Waals surface area contributed by atoms with Gasteiger partial charge in [0.15, 0.2) is 5.78 Å². The van der Waals surface area contributed by atoms with Crippen molar-refractivity contribution in [2.24, 2.45) is 0 Å². The molecule has 0 saturated carbocycles. The molecule has 0 atom stereocenters. The molecule has 0 N–H and O–H groups in total. The lowest BCUT2D eigenvalue weighted by Crippen LogP contribution is -2.16. The summed E-state index contributed by atoms with van der Waals surface area (Å²) in [5.74, 6) is -0.278. The van der Waals surface area contributed by atoms with Crippen LogP contribution in [0.2, 0.25) is 0 Å². The monoisotopic (exact) mass is 282 g/mol. The van der Waals surface area contributed by atoms with Gasteiger partial charge in [0, 0.05) is 16.5 Å². The molecule has 84 valence electrons. The van der Waals surface area contributed by atoms with Gasteiger partial charge in [-0.05, 0) is 30.5 Å². The topological polar surface area (TPSA) is 43.4 Å². The Bertz CT molecular complexity index is 466. The second-order valence-electron chi connectivity index (χ2n) is 3.75. The van der Waals surface area contributed by atoms with Crippen LogP contribution in [0.15, 0.2) is 16.6 Å². The Balaban J connectivity index is 2.61. The molecule has 0 saturated heterocycles. The maximum atomic E-state index is 11.7. The van der Waals surface area contributed by atoms with Gasteiger partial charge < -0.3 is 4.74 Å². The Hall–Kier alpha value is -1.16. The molecule has 1 aliphatic carbocycles. The molecule has 1 aromatic carbocycles. The van der Waals surface area contributed by atoms with Gasteiger partial charge in [-0.25, -0.2) is 4.79 Å². The highest BCUT2D eigenvalue weighted by molar-refractivity contribution is 9.10. The average molecular weight is 283 g/mol. The number of esters is 1. The number of ketones is 1. The lowest BCUT2D eigenvalue weighted by Gasteiger charge is -2.17. The number of Topliss-reactive ketones (excluding diaryl/α,β-unsaturated/α-hetero) is 1. The average Bonchev–Trinajstić information content (AvgIpc) is 2.28. The molecule has 0 spiro atoms. The van der Waals surface area contributed by atoms with Crippen molar-refractivity contribution in [3.8, 4) is 0 Å². The van der Waals surface area contributed by atoms with Gasteiger partial charge >= 0.3 is 5.97 Å². The van der Waals surface area contributed by atoms with E-state index in [2.05, 4.69) is 15.9 Å². The van der Waals surface area contributed by atoms with Crippen LogP contribution in [0.4, 0.5) is 0 Å². The number of benzene rings is 1. The van der Waals surface area contributed by atoms with Gasteiger partial charge in [0.05, 0.1) is 12.7 Å². The number of hydrogen-bond donors (Lipinski definition) is 0. The van der Waals surface area contributed by atoms with Crippen molar-refractivity contribution in [3.63, 3.8) is 0 Å². The molecule has 0 fully saturated rings. The summed E-state index contributed by atoms with van der Waals surface area (Å²) in [5.41, 5.74) is 1.98. The fraction of sp³-hybridized carbons (Fsp3) is 0.333. The molecular formula is C12H11BrO3. The molecular weight excluding hydrogens is 272 g/mol. The van der Waals surface area contributed by atoms with Gasteiger partial charge in [-0.15, -0.1) is 0 Å². The third kappa shape index (κ3) is 1.89. The smallest absolute Gasteiger partial charge is 0.338 e. The maximum Gasteiger partial charge on any atom is 0.338 e. The second kappa shape index (κ2) is 4.37. The molecule has 0 radical (unpaired) electrons. The Morgan fingerprint density at radius 2 is 2.12 bits per heavy atom. The molecule has 3 nitrogen and oxygen atoms in total. The zero-order valence-corrected chi connectivity index (χ0v) is 10.5. The van der Waals surface area contributed by atoms with E-state index in [9.17, 15) is 9.59 Å². The van der Waals surface area contributed by atoms with Crippen LogP contribution in [0, 0.1) is 0 Å². The van der Waals surface area contributed by atoms with E-state index in [0.29, 0.717) is 17.5 Å². The summed E-state index contributed by atoms with van der Waals surface area (Å²) in [6, 6.07) is 3.49. The highest BCUT2D eigenvalue weighted by Gasteiger charge is 2.23. The van der Waals surface area contributed by atoms with Crippen LogP contribution in [0.1, 0.15) is 39.1 Å². The molecule has 1 aliphatic rings. The molecule has 0 bridgehead atoms. The van der Waals surface area contributed by atoms with E-state index >= 15 is 0 Å². The van der Waals surface area contributed by atoms with Gasteiger partial charge in [-0.3, -0.25) is 4.79 Å². The fourth-order valence-corrected chi connectivity index (χ4v) is 2.47. The van der Waals surface area contributed by atoms with Crippen LogP contribution in [0.25, 0.3) is 0 Å². The molecule has 1 aromatic rings. The predicted molar refractivity (Wildman–Crippen MR) is 62.8 cm³/mol. The van der Waals surface area contributed by atoms with E-state index < -0.39 is 0 Å². The minimum absolute atomic E-state index is 0.104. The van der Waals surface area contributed by atoms with Gasteiger partial charge in [-0.2, -0.15) is 0 Å².